The molecule has 1 saturated heterocycles. The van der Waals surface area contributed by atoms with Gasteiger partial charge in [-0.3, -0.25) is 0 Å². The standard InChI is InChI=1S/C22H26N4OS/c1-27-17-9-7-16(8-10-17)25-11-4-12-26(14-13-25)21-20-18-5-2-3-6-19(18)28-22(20)24-15-23-21/h7-10,15H,2-6,11-14H2,1H3. The number of thiophene rings is 1. The van der Waals surface area contributed by atoms with Crippen LogP contribution in [-0.2, 0) is 12.8 Å². The Bertz CT molecular complexity index is 969. The molecule has 2 aliphatic rings. The number of aryl methyl sites for hydroxylation is 2. The lowest BCUT2D eigenvalue weighted by Crippen LogP contribution is -2.31. The van der Waals surface area contributed by atoms with Crippen molar-refractivity contribution >= 4 is 33.1 Å². The monoisotopic (exact) mass is 394 g/mol. The SMILES string of the molecule is COc1ccc(N2CCCN(c3ncnc4sc5c(c34)CCCC5)CC2)cc1. The predicted molar refractivity (Wildman–Crippen MR) is 116 cm³/mol. The summed E-state index contributed by atoms with van der Waals surface area (Å²) in [4.78, 5) is 17.0. The molecular weight excluding hydrogens is 368 g/mol. The number of ether oxygens (including phenoxy) is 1. The van der Waals surface area contributed by atoms with Crippen molar-refractivity contribution in [1.82, 2.24) is 9.97 Å². The van der Waals surface area contributed by atoms with E-state index in [1.807, 2.05) is 23.5 Å². The average molecular weight is 395 g/mol. The maximum Gasteiger partial charge on any atom is 0.141 e. The predicted octanol–water partition coefficient (Wildman–Crippen LogP) is 4.30. The lowest BCUT2D eigenvalue weighted by Gasteiger charge is -2.25. The van der Waals surface area contributed by atoms with Crippen molar-refractivity contribution in [3.63, 3.8) is 0 Å². The number of anilines is 2. The zero-order valence-electron chi connectivity index (χ0n) is 16.4. The highest BCUT2D eigenvalue weighted by atomic mass is 32.1. The van der Waals surface area contributed by atoms with Crippen LogP contribution < -0.4 is 14.5 Å². The van der Waals surface area contributed by atoms with Crippen LogP contribution in [0.2, 0.25) is 0 Å². The first-order valence-corrected chi connectivity index (χ1v) is 11.0. The van der Waals surface area contributed by atoms with Gasteiger partial charge in [0, 0.05) is 36.7 Å². The molecule has 0 spiro atoms. The van der Waals surface area contributed by atoms with Gasteiger partial charge in [0.2, 0.25) is 0 Å². The molecule has 0 atom stereocenters. The van der Waals surface area contributed by atoms with Crippen molar-refractivity contribution in [2.24, 2.45) is 0 Å². The summed E-state index contributed by atoms with van der Waals surface area (Å²) >= 11 is 1.88. The van der Waals surface area contributed by atoms with Gasteiger partial charge in [0.15, 0.2) is 0 Å². The van der Waals surface area contributed by atoms with Gasteiger partial charge in [0.05, 0.1) is 12.5 Å². The summed E-state index contributed by atoms with van der Waals surface area (Å²) in [5.74, 6) is 2.06. The Morgan fingerprint density at radius 1 is 0.893 bits per heavy atom. The summed E-state index contributed by atoms with van der Waals surface area (Å²) in [5, 5.41) is 1.33. The van der Waals surface area contributed by atoms with Crippen molar-refractivity contribution in [1.29, 1.82) is 0 Å². The Hall–Kier alpha value is -2.34. The van der Waals surface area contributed by atoms with Gasteiger partial charge >= 0.3 is 0 Å². The molecule has 6 heteroatoms. The van der Waals surface area contributed by atoms with E-state index in [9.17, 15) is 0 Å². The molecule has 1 fully saturated rings. The van der Waals surface area contributed by atoms with Crippen LogP contribution in [-0.4, -0.2) is 43.3 Å². The van der Waals surface area contributed by atoms with Crippen LogP contribution in [0.25, 0.3) is 10.2 Å². The summed E-state index contributed by atoms with van der Waals surface area (Å²) in [6.45, 7) is 4.11. The van der Waals surface area contributed by atoms with Crippen LogP contribution >= 0.6 is 11.3 Å². The molecule has 0 radical (unpaired) electrons. The molecule has 146 valence electrons. The highest BCUT2D eigenvalue weighted by Crippen LogP contribution is 2.39. The lowest BCUT2D eigenvalue weighted by molar-refractivity contribution is 0.415. The highest BCUT2D eigenvalue weighted by Gasteiger charge is 2.24. The van der Waals surface area contributed by atoms with Gasteiger partial charge in [-0.1, -0.05) is 0 Å². The van der Waals surface area contributed by atoms with Gasteiger partial charge in [0.1, 0.15) is 22.7 Å². The second kappa shape index (κ2) is 7.59. The van der Waals surface area contributed by atoms with Crippen molar-refractivity contribution < 1.29 is 4.74 Å². The number of benzene rings is 1. The molecule has 2 aromatic heterocycles. The Morgan fingerprint density at radius 2 is 1.68 bits per heavy atom. The summed E-state index contributed by atoms with van der Waals surface area (Å²) in [7, 11) is 1.71. The van der Waals surface area contributed by atoms with E-state index in [1.54, 1.807) is 13.4 Å². The van der Waals surface area contributed by atoms with Gasteiger partial charge in [-0.15, -0.1) is 11.3 Å². The van der Waals surface area contributed by atoms with E-state index in [-0.39, 0.29) is 0 Å². The van der Waals surface area contributed by atoms with Crippen LogP contribution in [0, 0.1) is 0 Å². The maximum atomic E-state index is 5.29. The molecule has 1 aromatic carbocycles. The van der Waals surface area contributed by atoms with Gasteiger partial charge in [0.25, 0.3) is 0 Å². The quantitative estimate of drug-likeness (QED) is 0.663. The van der Waals surface area contributed by atoms with E-state index in [2.05, 4.69) is 26.9 Å². The Morgan fingerprint density at radius 3 is 2.54 bits per heavy atom. The minimum atomic E-state index is 0.908. The molecule has 0 saturated carbocycles. The number of fused-ring (bicyclic) bond motifs is 3. The van der Waals surface area contributed by atoms with E-state index in [4.69, 9.17) is 9.72 Å². The summed E-state index contributed by atoms with van der Waals surface area (Å²) in [6, 6.07) is 8.41. The second-order valence-electron chi connectivity index (χ2n) is 7.61. The van der Waals surface area contributed by atoms with Crippen LogP contribution in [0.15, 0.2) is 30.6 Å². The van der Waals surface area contributed by atoms with Crippen molar-refractivity contribution in [2.75, 3.05) is 43.1 Å². The molecule has 1 aliphatic carbocycles. The molecule has 3 heterocycles. The van der Waals surface area contributed by atoms with Crippen LogP contribution in [0.3, 0.4) is 0 Å². The van der Waals surface area contributed by atoms with Gasteiger partial charge in [-0.2, -0.15) is 0 Å². The smallest absolute Gasteiger partial charge is 0.141 e. The number of nitrogens with zero attached hydrogens (tertiary/aromatic N) is 4. The third-order valence-electron chi connectivity index (χ3n) is 5.96. The van der Waals surface area contributed by atoms with Crippen molar-refractivity contribution in [2.45, 2.75) is 32.1 Å². The molecule has 1 aliphatic heterocycles. The molecule has 3 aromatic rings. The number of methoxy groups -OCH3 is 1. The zero-order chi connectivity index (χ0) is 18.9. The minimum Gasteiger partial charge on any atom is -0.497 e. The third kappa shape index (κ3) is 3.20. The number of rotatable bonds is 3. The number of hydrogen-bond acceptors (Lipinski definition) is 6. The Labute approximate surface area is 170 Å². The number of aromatic nitrogens is 2. The normalized spacial score (nSPS) is 17.5. The molecule has 28 heavy (non-hydrogen) atoms. The van der Waals surface area contributed by atoms with Crippen molar-refractivity contribution in [3.05, 3.63) is 41.0 Å². The first kappa shape index (κ1) is 17.7. The van der Waals surface area contributed by atoms with E-state index in [0.717, 1.165) is 44.2 Å². The fourth-order valence-corrected chi connectivity index (χ4v) is 5.72. The topological polar surface area (TPSA) is 41.5 Å². The Balaban J connectivity index is 1.41. The van der Waals surface area contributed by atoms with E-state index >= 15 is 0 Å². The summed E-state index contributed by atoms with van der Waals surface area (Å²) < 4.78 is 5.29. The first-order valence-electron chi connectivity index (χ1n) is 10.2. The van der Waals surface area contributed by atoms with Crippen molar-refractivity contribution in [3.8, 4) is 5.75 Å². The third-order valence-corrected chi connectivity index (χ3v) is 7.16. The minimum absolute atomic E-state index is 0.908. The molecule has 5 nitrogen and oxygen atoms in total. The molecule has 5 rings (SSSR count). The molecule has 0 N–H and O–H groups in total. The fraction of sp³-hybridized carbons (Fsp3) is 0.455. The maximum absolute atomic E-state index is 5.29. The van der Waals surface area contributed by atoms with E-state index in [1.165, 1.54) is 52.0 Å². The van der Waals surface area contributed by atoms with Crippen LogP contribution in [0.1, 0.15) is 29.7 Å². The molecule has 0 amide bonds. The molecule has 0 unspecified atom stereocenters. The molecule has 0 bridgehead atoms. The highest BCUT2D eigenvalue weighted by molar-refractivity contribution is 7.19. The van der Waals surface area contributed by atoms with Crippen LogP contribution in [0.4, 0.5) is 11.5 Å². The average Bonchev–Trinajstić information content (AvgIpc) is 2.96. The summed E-state index contributed by atoms with van der Waals surface area (Å²) in [6.07, 6.45) is 7.87. The second-order valence-corrected chi connectivity index (χ2v) is 8.70. The first-order chi connectivity index (χ1) is 13.8. The van der Waals surface area contributed by atoms with Gasteiger partial charge < -0.3 is 14.5 Å². The lowest BCUT2D eigenvalue weighted by atomic mass is 9.97. The Kier molecular flexibility index (Phi) is 4.81. The van der Waals surface area contributed by atoms with E-state index in [0.29, 0.717) is 0 Å². The molecular formula is C22H26N4OS. The van der Waals surface area contributed by atoms with Crippen LogP contribution in [0.5, 0.6) is 5.75 Å². The number of hydrogen-bond donors (Lipinski definition) is 0. The summed E-state index contributed by atoms with van der Waals surface area (Å²) in [5.41, 5.74) is 2.79. The zero-order valence-corrected chi connectivity index (χ0v) is 17.2. The van der Waals surface area contributed by atoms with E-state index < -0.39 is 0 Å². The fourth-order valence-electron chi connectivity index (χ4n) is 4.49. The largest absolute Gasteiger partial charge is 0.497 e. The van der Waals surface area contributed by atoms with Gasteiger partial charge in [-0.05, 0) is 61.9 Å². The van der Waals surface area contributed by atoms with Gasteiger partial charge in [-0.25, -0.2) is 9.97 Å².